The summed E-state index contributed by atoms with van der Waals surface area (Å²) in [6.07, 6.45) is 5.53. The van der Waals surface area contributed by atoms with Crippen LogP contribution in [0.2, 0.25) is 5.02 Å². The number of carbonyl (C=O) groups excluding carboxylic acids is 1. The van der Waals surface area contributed by atoms with Crippen LogP contribution in [-0.2, 0) is 4.79 Å². The summed E-state index contributed by atoms with van der Waals surface area (Å²) in [6.45, 7) is 1.91. The van der Waals surface area contributed by atoms with E-state index in [4.69, 9.17) is 11.6 Å². The van der Waals surface area contributed by atoms with Crippen molar-refractivity contribution in [3.63, 3.8) is 0 Å². The average molecular weight is 265 g/mol. The Hall–Kier alpha value is -1.32. The van der Waals surface area contributed by atoms with Crippen LogP contribution in [0.1, 0.15) is 18.4 Å². The van der Waals surface area contributed by atoms with Crippen LogP contribution in [0.5, 0.6) is 0 Å². The van der Waals surface area contributed by atoms with E-state index in [0.29, 0.717) is 5.02 Å². The summed E-state index contributed by atoms with van der Waals surface area (Å²) in [5, 5.41) is 6.95. The number of halogens is 1. The van der Waals surface area contributed by atoms with Crippen molar-refractivity contribution < 1.29 is 4.79 Å². The highest BCUT2D eigenvalue weighted by molar-refractivity contribution is 6.30. The lowest BCUT2D eigenvalue weighted by Gasteiger charge is -2.23. The molecular weight excluding hydrogens is 248 g/mol. The molecule has 1 aromatic carbocycles. The first-order valence-corrected chi connectivity index (χ1v) is 6.57. The highest BCUT2D eigenvalue weighted by Crippen LogP contribution is 2.10. The van der Waals surface area contributed by atoms with Gasteiger partial charge in [-0.2, -0.15) is 0 Å². The van der Waals surface area contributed by atoms with Gasteiger partial charge < -0.3 is 10.6 Å². The highest BCUT2D eigenvalue weighted by atomic mass is 35.5. The van der Waals surface area contributed by atoms with E-state index >= 15 is 0 Å². The van der Waals surface area contributed by atoms with Crippen LogP contribution < -0.4 is 10.6 Å². The fourth-order valence-electron chi connectivity index (χ4n) is 1.97. The molecule has 1 aliphatic heterocycles. The van der Waals surface area contributed by atoms with Crippen molar-refractivity contribution in [2.45, 2.75) is 18.9 Å². The lowest BCUT2D eigenvalue weighted by Crippen LogP contribution is -2.45. The van der Waals surface area contributed by atoms with Crippen molar-refractivity contribution in [2.24, 2.45) is 0 Å². The molecule has 1 saturated heterocycles. The maximum atomic E-state index is 11.7. The van der Waals surface area contributed by atoms with Crippen LogP contribution in [0.15, 0.2) is 30.3 Å². The van der Waals surface area contributed by atoms with E-state index < -0.39 is 0 Å². The van der Waals surface area contributed by atoms with Crippen molar-refractivity contribution >= 4 is 23.6 Å². The first-order chi connectivity index (χ1) is 8.74. The third-order valence-electron chi connectivity index (χ3n) is 2.94. The van der Waals surface area contributed by atoms with Crippen molar-refractivity contribution in [2.75, 3.05) is 13.1 Å². The normalized spacial score (nSPS) is 19.9. The zero-order valence-electron chi connectivity index (χ0n) is 10.2. The Morgan fingerprint density at radius 3 is 2.83 bits per heavy atom. The molecule has 0 radical (unpaired) electrons. The van der Waals surface area contributed by atoms with E-state index in [1.165, 1.54) is 0 Å². The summed E-state index contributed by atoms with van der Waals surface area (Å²) in [6, 6.07) is 7.64. The average Bonchev–Trinajstić information content (AvgIpc) is 2.39. The molecule has 3 nitrogen and oxygen atoms in total. The minimum Gasteiger partial charge on any atom is -0.349 e. The van der Waals surface area contributed by atoms with Crippen molar-refractivity contribution in [3.8, 4) is 0 Å². The van der Waals surface area contributed by atoms with E-state index in [1.807, 2.05) is 24.3 Å². The molecule has 2 rings (SSSR count). The maximum absolute atomic E-state index is 11.7. The Kier molecular flexibility index (Phi) is 4.79. The van der Waals surface area contributed by atoms with Gasteiger partial charge in [0, 0.05) is 23.7 Å². The van der Waals surface area contributed by atoms with E-state index in [2.05, 4.69) is 10.6 Å². The van der Waals surface area contributed by atoms with Gasteiger partial charge in [-0.25, -0.2) is 0 Å². The summed E-state index contributed by atoms with van der Waals surface area (Å²) in [7, 11) is 0. The molecule has 1 amide bonds. The molecule has 0 unspecified atom stereocenters. The smallest absolute Gasteiger partial charge is 0.244 e. The lowest BCUT2D eigenvalue weighted by molar-refractivity contribution is -0.117. The van der Waals surface area contributed by atoms with Gasteiger partial charge in [0.05, 0.1) is 0 Å². The molecule has 0 bridgehead atoms. The van der Waals surface area contributed by atoms with Crippen molar-refractivity contribution in [1.82, 2.24) is 10.6 Å². The largest absolute Gasteiger partial charge is 0.349 e. The predicted molar refractivity (Wildman–Crippen MR) is 74.5 cm³/mol. The molecule has 18 heavy (non-hydrogen) atoms. The monoisotopic (exact) mass is 264 g/mol. The van der Waals surface area contributed by atoms with Gasteiger partial charge in [0.2, 0.25) is 5.91 Å². The van der Waals surface area contributed by atoms with Crippen LogP contribution >= 0.6 is 11.6 Å². The van der Waals surface area contributed by atoms with Crippen LogP contribution in [0.25, 0.3) is 6.08 Å². The fourth-order valence-corrected chi connectivity index (χ4v) is 2.10. The molecule has 1 fully saturated rings. The third kappa shape index (κ3) is 4.17. The molecule has 0 aliphatic carbocycles. The topological polar surface area (TPSA) is 41.1 Å². The van der Waals surface area contributed by atoms with Gasteiger partial charge in [0.1, 0.15) is 0 Å². The van der Waals surface area contributed by atoms with Gasteiger partial charge in [0.25, 0.3) is 0 Å². The molecule has 96 valence electrons. The van der Waals surface area contributed by atoms with E-state index in [9.17, 15) is 4.79 Å². The first kappa shape index (κ1) is 13.1. The zero-order chi connectivity index (χ0) is 12.8. The minimum atomic E-state index is -0.0429. The van der Waals surface area contributed by atoms with Gasteiger partial charge in [-0.15, -0.1) is 0 Å². The lowest BCUT2D eigenvalue weighted by atomic mass is 10.1. The molecule has 1 aliphatic rings. The van der Waals surface area contributed by atoms with E-state index in [0.717, 1.165) is 31.5 Å². The fraction of sp³-hybridized carbons (Fsp3) is 0.357. The second-order valence-electron chi connectivity index (χ2n) is 4.44. The molecular formula is C14H17ClN2O. The van der Waals surface area contributed by atoms with Gasteiger partial charge in [0.15, 0.2) is 0 Å². The minimum absolute atomic E-state index is 0.0429. The summed E-state index contributed by atoms with van der Waals surface area (Å²) < 4.78 is 0. The molecule has 0 saturated carbocycles. The SMILES string of the molecule is O=C(/C=C/c1ccc(Cl)cc1)N[C@@H]1CCCNC1. The van der Waals surface area contributed by atoms with Crippen LogP contribution in [0.3, 0.4) is 0 Å². The molecule has 0 spiro atoms. The Morgan fingerprint density at radius 1 is 1.39 bits per heavy atom. The Morgan fingerprint density at radius 2 is 2.17 bits per heavy atom. The molecule has 1 heterocycles. The van der Waals surface area contributed by atoms with Crippen molar-refractivity contribution in [1.29, 1.82) is 0 Å². The number of hydrogen-bond donors (Lipinski definition) is 2. The third-order valence-corrected chi connectivity index (χ3v) is 3.19. The van der Waals surface area contributed by atoms with Gasteiger partial charge in [-0.1, -0.05) is 23.7 Å². The van der Waals surface area contributed by atoms with Gasteiger partial charge in [-0.05, 0) is 43.2 Å². The van der Waals surface area contributed by atoms with E-state index in [-0.39, 0.29) is 11.9 Å². The predicted octanol–water partition coefficient (Wildman–Crippen LogP) is 2.22. The van der Waals surface area contributed by atoms with Gasteiger partial charge >= 0.3 is 0 Å². The Labute approximate surface area is 112 Å². The first-order valence-electron chi connectivity index (χ1n) is 6.19. The highest BCUT2D eigenvalue weighted by Gasteiger charge is 2.13. The second-order valence-corrected chi connectivity index (χ2v) is 4.87. The molecule has 2 N–H and O–H groups in total. The number of hydrogen-bond acceptors (Lipinski definition) is 2. The van der Waals surface area contributed by atoms with Gasteiger partial charge in [-0.3, -0.25) is 4.79 Å². The second kappa shape index (κ2) is 6.57. The number of amides is 1. The van der Waals surface area contributed by atoms with Crippen LogP contribution in [-0.4, -0.2) is 25.0 Å². The molecule has 4 heteroatoms. The summed E-state index contributed by atoms with van der Waals surface area (Å²) in [5.74, 6) is -0.0429. The number of carbonyl (C=O) groups is 1. The number of benzene rings is 1. The Bertz CT molecular complexity index is 422. The molecule has 1 atom stereocenters. The Balaban J connectivity index is 1.84. The van der Waals surface area contributed by atoms with Crippen molar-refractivity contribution in [3.05, 3.63) is 40.9 Å². The maximum Gasteiger partial charge on any atom is 0.244 e. The summed E-state index contributed by atoms with van der Waals surface area (Å²) >= 11 is 5.79. The standard InChI is InChI=1S/C14H17ClN2O/c15-12-6-3-11(4-7-12)5-8-14(18)17-13-2-1-9-16-10-13/h3-8,13,16H,1-2,9-10H2,(H,17,18)/b8-5+/t13-/m1/s1. The number of rotatable bonds is 3. The molecule has 0 aromatic heterocycles. The van der Waals surface area contributed by atoms with Crippen LogP contribution in [0, 0.1) is 0 Å². The number of piperidine rings is 1. The number of nitrogens with one attached hydrogen (secondary N) is 2. The summed E-state index contributed by atoms with van der Waals surface area (Å²) in [5.41, 5.74) is 0.969. The quantitative estimate of drug-likeness (QED) is 0.822. The van der Waals surface area contributed by atoms with E-state index in [1.54, 1.807) is 12.2 Å². The zero-order valence-corrected chi connectivity index (χ0v) is 10.9. The van der Waals surface area contributed by atoms with Crippen LogP contribution in [0.4, 0.5) is 0 Å². The molecule has 1 aromatic rings. The summed E-state index contributed by atoms with van der Waals surface area (Å²) in [4.78, 5) is 11.7.